The molecule has 2 unspecified atom stereocenters. The molecular formula is C21H38O5Si2. The topological polar surface area (TPSA) is 61.8 Å². The molecule has 0 aromatic rings. The van der Waals surface area contributed by atoms with Gasteiger partial charge in [0, 0.05) is 12.2 Å². The third kappa shape index (κ3) is 5.80. The average molecular weight is 427 g/mol. The van der Waals surface area contributed by atoms with E-state index in [0.29, 0.717) is 0 Å². The van der Waals surface area contributed by atoms with E-state index >= 15 is 0 Å². The minimum absolute atomic E-state index is 0.00818. The number of carbonyl (C=O) groups is 2. The zero-order chi connectivity index (χ0) is 21.0. The maximum absolute atomic E-state index is 12.4. The monoisotopic (exact) mass is 426 g/mol. The summed E-state index contributed by atoms with van der Waals surface area (Å²) in [5, 5.41) is 0. The number of hydrogen-bond acceptors (Lipinski definition) is 5. The summed E-state index contributed by atoms with van der Waals surface area (Å²) in [5.74, 6) is -0.895. The van der Waals surface area contributed by atoms with Crippen LogP contribution >= 0.6 is 0 Å². The summed E-state index contributed by atoms with van der Waals surface area (Å²) in [5.41, 5.74) is -0.176. The van der Waals surface area contributed by atoms with E-state index in [4.69, 9.17) is 13.9 Å². The van der Waals surface area contributed by atoms with Gasteiger partial charge < -0.3 is 13.9 Å². The first-order valence-electron chi connectivity index (χ1n) is 10.8. The van der Waals surface area contributed by atoms with Gasteiger partial charge in [-0.1, -0.05) is 25.9 Å². The van der Waals surface area contributed by atoms with Gasteiger partial charge in [0.15, 0.2) is 7.83 Å². The van der Waals surface area contributed by atoms with Crippen molar-refractivity contribution in [2.75, 3.05) is 0 Å². The van der Waals surface area contributed by atoms with E-state index in [-0.39, 0.29) is 17.4 Å². The van der Waals surface area contributed by atoms with Gasteiger partial charge in [0.05, 0.1) is 11.3 Å². The largest absolute Gasteiger partial charge is 0.463 e. The van der Waals surface area contributed by atoms with E-state index in [1.807, 2.05) is 0 Å². The Bertz CT molecular complexity index is 596. The molecule has 1 saturated carbocycles. The summed E-state index contributed by atoms with van der Waals surface area (Å²) in [6.45, 7) is 13.3. The molecule has 28 heavy (non-hydrogen) atoms. The molecule has 0 bridgehead atoms. The van der Waals surface area contributed by atoms with Crippen LogP contribution in [0, 0.1) is 0 Å². The molecule has 0 aromatic carbocycles. The molecule has 2 rings (SSSR count). The zero-order valence-electron chi connectivity index (χ0n) is 18.5. The molecule has 0 spiro atoms. The summed E-state index contributed by atoms with van der Waals surface area (Å²) < 4.78 is 17.8. The third-order valence-electron chi connectivity index (χ3n) is 6.68. The van der Waals surface area contributed by atoms with Crippen molar-refractivity contribution in [1.82, 2.24) is 0 Å². The molecule has 160 valence electrons. The lowest BCUT2D eigenvalue weighted by molar-refractivity contribution is -0.145. The Hall–Kier alpha value is -0.926. The highest BCUT2D eigenvalue weighted by Gasteiger charge is 2.58. The van der Waals surface area contributed by atoms with Crippen LogP contribution in [0.3, 0.4) is 0 Å². The van der Waals surface area contributed by atoms with E-state index in [0.717, 1.165) is 44.6 Å². The van der Waals surface area contributed by atoms with Gasteiger partial charge in [0.25, 0.3) is 0 Å². The lowest BCUT2D eigenvalue weighted by Crippen LogP contribution is -2.71. The van der Waals surface area contributed by atoms with Gasteiger partial charge in [-0.3, -0.25) is 0 Å². The predicted molar refractivity (Wildman–Crippen MR) is 116 cm³/mol. The Kier molecular flexibility index (Phi) is 7.72. The van der Waals surface area contributed by atoms with Crippen molar-refractivity contribution >= 4 is 27.4 Å². The quantitative estimate of drug-likeness (QED) is 0.345. The normalized spacial score (nSPS) is 28.6. The minimum Gasteiger partial charge on any atom is -0.463 e. The lowest BCUT2D eigenvalue weighted by Gasteiger charge is -2.53. The molecular weight excluding hydrogens is 388 g/mol. The second-order valence-corrected chi connectivity index (χ2v) is 23.9. The number of esters is 2. The zero-order valence-corrected chi connectivity index (χ0v) is 20.5. The van der Waals surface area contributed by atoms with Crippen molar-refractivity contribution < 1.29 is 23.5 Å². The molecule has 1 heterocycles. The Balaban J connectivity index is 1.95. The van der Waals surface area contributed by atoms with Crippen molar-refractivity contribution in [1.29, 1.82) is 0 Å². The van der Waals surface area contributed by atoms with E-state index in [1.54, 1.807) is 0 Å². The molecule has 1 aliphatic heterocycles. The molecule has 2 atom stereocenters. The van der Waals surface area contributed by atoms with Gasteiger partial charge in [-0.25, -0.2) is 9.59 Å². The minimum atomic E-state index is -1.96. The molecule has 0 N–H and O–H groups in total. The van der Waals surface area contributed by atoms with Crippen LogP contribution in [0.1, 0.15) is 65.7 Å². The van der Waals surface area contributed by atoms with E-state index in [2.05, 4.69) is 40.4 Å². The molecule has 0 amide bonds. The summed E-state index contributed by atoms with van der Waals surface area (Å²) in [6, 6.07) is 1.11. The van der Waals surface area contributed by atoms with Gasteiger partial charge in [-0.15, -0.1) is 0 Å². The predicted octanol–water partition coefficient (Wildman–Crippen LogP) is 4.84. The number of ether oxygens (including phenoxy) is 2. The molecule has 0 radical (unpaired) electrons. The van der Waals surface area contributed by atoms with Crippen molar-refractivity contribution in [3.63, 3.8) is 0 Å². The summed E-state index contributed by atoms with van der Waals surface area (Å²) in [4.78, 5) is 24.4. The van der Waals surface area contributed by atoms with Crippen LogP contribution in [0.2, 0.25) is 25.7 Å². The van der Waals surface area contributed by atoms with Gasteiger partial charge >= 0.3 is 11.9 Å². The molecule has 7 heteroatoms. The average Bonchev–Trinajstić information content (AvgIpc) is 2.61. The summed E-state index contributed by atoms with van der Waals surface area (Å²) in [6.07, 6.45) is 9.48. The SMILES string of the molecule is CCC(OC(=O)C=CC(=O)OC1CCCCC1)[Si]1(C)CCC(C)(C)O[Si]1(C)C. The molecule has 1 saturated heterocycles. The third-order valence-corrected chi connectivity index (χ3v) is 24.0. The second kappa shape index (κ2) is 9.26. The smallest absolute Gasteiger partial charge is 0.331 e. The number of rotatable bonds is 6. The standard InChI is InChI=1S/C21H38O5Si2/c1-7-20(28(6)16-15-21(2,3)26-27(28,4)5)25-19(23)14-13-18(22)24-17-11-9-8-10-12-17/h13-14,17,20H,7-12,15-16H2,1-6H3. The highest BCUT2D eigenvalue weighted by Crippen LogP contribution is 2.41. The second-order valence-electron chi connectivity index (χ2n) is 9.65. The van der Waals surface area contributed by atoms with E-state index in [1.165, 1.54) is 18.6 Å². The maximum atomic E-state index is 12.4. The van der Waals surface area contributed by atoms with Gasteiger partial charge in [0.1, 0.15) is 13.7 Å². The maximum Gasteiger partial charge on any atom is 0.331 e. The Morgan fingerprint density at radius 3 is 2.29 bits per heavy atom. The fraction of sp³-hybridized carbons (Fsp3) is 0.810. The molecule has 2 fully saturated rings. The van der Waals surface area contributed by atoms with Crippen LogP contribution in [0.25, 0.3) is 0 Å². The van der Waals surface area contributed by atoms with Crippen LogP contribution in [0.15, 0.2) is 12.2 Å². The van der Waals surface area contributed by atoms with E-state index < -0.39 is 27.4 Å². The van der Waals surface area contributed by atoms with Crippen LogP contribution in [-0.4, -0.2) is 44.8 Å². The van der Waals surface area contributed by atoms with Crippen LogP contribution in [-0.2, 0) is 23.5 Å². The lowest BCUT2D eigenvalue weighted by atomic mass is 9.98. The Labute approximate surface area is 172 Å². The van der Waals surface area contributed by atoms with Crippen LogP contribution in [0.5, 0.6) is 0 Å². The molecule has 0 aromatic heterocycles. The fourth-order valence-corrected chi connectivity index (χ4v) is 17.3. The molecule has 2 aliphatic rings. The van der Waals surface area contributed by atoms with Crippen molar-refractivity contribution in [2.24, 2.45) is 0 Å². The first-order valence-corrected chi connectivity index (χ1v) is 17.5. The first-order chi connectivity index (χ1) is 13.0. The van der Waals surface area contributed by atoms with Gasteiger partial charge in [-0.05, 0) is 65.5 Å². The highest BCUT2D eigenvalue weighted by molar-refractivity contribution is 7.39. The summed E-state index contributed by atoms with van der Waals surface area (Å²) >= 11 is 0. The Morgan fingerprint density at radius 1 is 1.11 bits per heavy atom. The molecule has 5 nitrogen and oxygen atoms in total. The van der Waals surface area contributed by atoms with Crippen molar-refractivity contribution in [2.45, 2.75) is 109 Å². The van der Waals surface area contributed by atoms with Crippen molar-refractivity contribution in [3.05, 3.63) is 12.2 Å². The molecule has 1 aliphatic carbocycles. The first kappa shape index (κ1) is 23.4. The fourth-order valence-electron chi connectivity index (χ4n) is 4.63. The number of carbonyl (C=O) groups excluding carboxylic acids is 2. The Morgan fingerprint density at radius 2 is 1.71 bits per heavy atom. The van der Waals surface area contributed by atoms with Gasteiger partial charge in [0.2, 0.25) is 0 Å². The number of hydrogen-bond donors (Lipinski definition) is 0. The van der Waals surface area contributed by atoms with Crippen molar-refractivity contribution in [3.8, 4) is 0 Å². The highest BCUT2D eigenvalue weighted by atomic mass is 29.3. The summed E-state index contributed by atoms with van der Waals surface area (Å²) in [7, 11) is -3.87. The van der Waals surface area contributed by atoms with Gasteiger partial charge in [-0.2, -0.15) is 0 Å². The van der Waals surface area contributed by atoms with E-state index in [9.17, 15) is 9.59 Å². The van der Waals surface area contributed by atoms with Crippen LogP contribution < -0.4 is 0 Å². The van der Waals surface area contributed by atoms with Crippen LogP contribution in [0.4, 0.5) is 0 Å².